The van der Waals surface area contributed by atoms with Crippen LogP contribution in [0.15, 0.2) is 65.7 Å². The summed E-state index contributed by atoms with van der Waals surface area (Å²) in [7, 11) is -1.28. The van der Waals surface area contributed by atoms with Crippen LogP contribution in [-0.4, -0.2) is 38.8 Å². The Hall–Kier alpha value is -4.51. The number of amides is 1. The van der Waals surface area contributed by atoms with Crippen LogP contribution in [-0.2, 0) is 21.9 Å². The van der Waals surface area contributed by atoms with Crippen molar-refractivity contribution in [1.29, 1.82) is 0 Å². The Morgan fingerprint density at radius 2 is 1.82 bits per heavy atom. The second kappa shape index (κ2) is 9.42. The molecule has 1 atom stereocenters. The van der Waals surface area contributed by atoms with Crippen molar-refractivity contribution in [1.82, 2.24) is 9.29 Å². The van der Waals surface area contributed by atoms with Gasteiger partial charge < -0.3 is 28.7 Å². The van der Waals surface area contributed by atoms with Gasteiger partial charge in [-0.3, -0.25) is 4.79 Å². The molecule has 38 heavy (non-hydrogen) atoms. The van der Waals surface area contributed by atoms with Crippen molar-refractivity contribution in [3.05, 3.63) is 83.0 Å². The number of hydrogen-bond donors (Lipinski definition) is 1. The van der Waals surface area contributed by atoms with Gasteiger partial charge in [0.15, 0.2) is 11.5 Å². The van der Waals surface area contributed by atoms with E-state index in [4.69, 9.17) is 14.2 Å². The molecular weight excluding hydrogens is 512 g/mol. The Kier molecular flexibility index (Phi) is 6.23. The summed E-state index contributed by atoms with van der Waals surface area (Å²) in [5.74, 6) is -2.23. The smallest absolute Gasteiger partial charge is 0.267 e. The number of nitrogens with zero attached hydrogens (tertiary/aromatic N) is 1. The molecule has 4 aromatic rings. The fourth-order valence-corrected chi connectivity index (χ4v) is 5.73. The average Bonchev–Trinajstić information content (AvgIpc) is 3.47. The van der Waals surface area contributed by atoms with Gasteiger partial charge in [-0.25, -0.2) is 13.1 Å². The molecular formula is C27H23N2O8S-. The minimum atomic E-state index is -4.33. The number of aromatic carboxylic acids is 1. The zero-order valence-corrected chi connectivity index (χ0v) is 21.5. The zero-order valence-electron chi connectivity index (χ0n) is 20.7. The van der Waals surface area contributed by atoms with Crippen molar-refractivity contribution >= 4 is 32.8 Å². The van der Waals surface area contributed by atoms with Gasteiger partial charge in [0.2, 0.25) is 12.7 Å². The van der Waals surface area contributed by atoms with Gasteiger partial charge in [0.1, 0.15) is 10.6 Å². The van der Waals surface area contributed by atoms with Gasteiger partial charge in [0, 0.05) is 24.1 Å². The number of carbonyl (C=O) groups excluding carboxylic acids is 2. The lowest BCUT2D eigenvalue weighted by molar-refractivity contribution is -0.255. The molecule has 2 heterocycles. The molecule has 3 aromatic carbocycles. The van der Waals surface area contributed by atoms with Crippen LogP contribution in [0.25, 0.3) is 10.9 Å². The quantitative estimate of drug-likeness (QED) is 0.381. The third-order valence-corrected chi connectivity index (χ3v) is 7.79. The highest BCUT2D eigenvalue weighted by molar-refractivity contribution is 7.90. The molecule has 5 rings (SSSR count). The molecule has 10 nitrogen and oxygen atoms in total. The minimum absolute atomic E-state index is 0.0247. The molecule has 0 saturated heterocycles. The molecule has 196 valence electrons. The average molecular weight is 536 g/mol. The first-order valence-corrected chi connectivity index (χ1v) is 13.0. The predicted molar refractivity (Wildman–Crippen MR) is 135 cm³/mol. The van der Waals surface area contributed by atoms with Crippen molar-refractivity contribution in [2.45, 2.75) is 17.7 Å². The van der Waals surface area contributed by atoms with Crippen molar-refractivity contribution in [2.75, 3.05) is 13.9 Å². The molecule has 0 fully saturated rings. The maximum Gasteiger partial charge on any atom is 0.267 e. The van der Waals surface area contributed by atoms with Gasteiger partial charge in [-0.05, 0) is 59.5 Å². The third-order valence-electron chi connectivity index (χ3n) is 6.40. The van der Waals surface area contributed by atoms with Crippen LogP contribution >= 0.6 is 0 Å². The van der Waals surface area contributed by atoms with Crippen molar-refractivity contribution in [3.63, 3.8) is 0 Å². The number of benzene rings is 3. The van der Waals surface area contributed by atoms with Crippen LogP contribution in [0.5, 0.6) is 17.2 Å². The number of carboxylic acid groups (broad SMARTS) is 1. The van der Waals surface area contributed by atoms with E-state index < -0.39 is 27.8 Å². The normalized spacial score (nSPS) is 13.3. The summed E-state index contributed by atoms with van der Waals surface area (Å²) in [6.45, 7) is 1.82. The Morgan fingerprint density at radius 1 is 1.05 bits per heavy atom. The van der Waals surface area contributed by atoms with Crippen LogP contribution in [0.1, 0.15) is 33.0 Å². The molecule has 1 N–H and O–H groups in total. The third kappa shape index (κ3) is 4.41. The number of rotatable bonds is 7. The molecule has 1 aliphatic heterocycles. The van der Waals surface area contributed by atoms with Crippen LogP contribution < -0.4 is 24.0 Å². The maximum absolute atomic E-state index is 13.8. The van der Waals surface area contributed by atoms with Crippen LogP contribution in [0.2, 0.25) is 0 Å². The number of fused-ring (bicyclic) bond motifs is 2. The number of sulfonamides is 1. The predicted octanol–water partition coefficient (Wildman–Crippen LogP) is 2.22. The molecule has 1 amide bonds. The Balaban J connectivity index is 1.63. The van der Waals surface area contributed by atoms with E-state index in [0.717, 1.165) is 5.56 Å². The summed E-state index contributed by atoms with van der Waals surface area (Å²) in [6, 6.07) is 13.9. The molecule has 1 unspecified atom stereocenters. The fraction of sp³-hybridized carbons (Fsp3) is 0.185. The molecule has 0 aliphatic carbocycles. The Labute approximate surface area is 218 Å². The number of ether oxygens (including phenoxy) is 3. The minimum Gasteiger partial charge on any atom is -0.545 e. The van der Waals surface area contributed by atoms with Crippen molar-refractivity contribution in [2.24, 2.45) is 7.05 Å². The van der Waals surface area contributed by atoms with E-state index in [-0.39, 0.29) is 23.0 Å². The first kappa shape index (κ1) is 25.2. The molecule has 0 bridgehead atoms. The van der Waals surface area contributed by atoms with E-state index in [9.17, 15) is 23.1 Å². The highest BCUT2D eigenvalue weighted by Crippen LogP contribution is 2.39. The maximum atomic E-state index is 13.8. The van der Waals surface area contributed by atoms with Crippen molar-refractivity contribution < 1.29 is 37.3 Å². The van der Waals surface area contributed by atoms with Crippen molar-refractivity contribution in [3.8, 4) is 17.2 Å². The Morgan fingerprint density at radius 3 is 2.55 bits per heavy atom. The summed E-state index contributed by atoms with van der Waals surface area (Å²) in [5.41, 5.74) is 2.22. The number of carboxylic acids is 1. The topological polar surface area (TPSA) is 136 Å². The SMILES string of the molecule is COc1cc(C)ccc1S(=O)(=O)NC(=O)C(c1ccc2c(c1)OCO2)c1cn(C)c2cc(C(=O)[O-])ccc12. The molecule has 1 aromatic heterocycles. The first-order valence-electron chi connectivity index (χ1n) is 11.5. The number of nitrogens with one attached hydrogen (secondary N) is 1. The van der Waals surface area contributed by atoms with Gasteiger partial charge in [0.05, 0.1) is 19.0 Å². The van der Waals surface area contributed by atoms with Gasteiger partial charge in [-0.1, -0.05) is 24.3 Å². The van der Waals surface area contributed by atoms with Crippen LogP contribution in [0, 0.1) is 6.92 Å². The highest BCUT2D eigenvalue weighted by atomic mass is 32.2. The number of aromatic nitrogens is 1. The summed E-state index contributed by atoms with van der Waals surface area (Å²) in [5, 5.41) is 12.0. The standard InChI is InChI=1S/C27H24N2O8S/c1-15-4-9-24(23(10-15)35-3)38(33,34)28-26(30)25(16-6-8-21-22(12-16)37-14-36-21)19-13-29(2)20-11-17(27(31)32)5-7-18(19)20/h4-13,25H,14H2,1-3H3,(H,28,30)(H,31,32)/p-1. The van der Waals surface area contributed by atoms with E-state index in [2.05, 4.69) is 4.72 Å². The van der Waals surface area contributed by atoms with E-state index in [1.54, 1.807) is 61.1 Å². The fourth-order valence-electron chi connectivity index (χ4n) is 4.58. The van der Waals surface area contributed by atoms with E-state index in [1.165, 1.54) is 25.3 Å². The number of hydrogen-bond acceptors (Lipinski definition) is 8. The van der Waals surface area contributed by atoms with Gasteiger partial charge in [-0.2, -0.15) is 0 Å². The summed E-state index contributed by atoms with van der Waals surface area (Å²) in [4.78, 5) is 25.0. The summed E-state index contributed by atoms with van der Waals surface area (Å²) >= 11 is 0. The monoisotopic (exact) mass is 535 g/mol. The molecule has 1 aliphatic rings. The lowest BCUT2D eigenvalue weighted by Crippen LogP contribution is -2.35. The molecule has 0 saturated carbocycles. The van der Waals surface area contributed by atoms with Crippen LogP contribution in [0.3, 0.4) is 0 Å². The second-order valence-electron chi connectivity index (χ2n) is 8.88. The molecule has 11 heteroatoms. The Bertz CT molecular complexity index is 1710. The first-order chi connectivity index (χ1) is 18.1. The zero-order chi connectivity index (χ0) is 27.2. The van der Waals surface area contributed by atoms with E-state index in [0.29, 0.717) is 33.5 Å². The van der Waals surface area contributed by atoms with Gasteiger partial charge in [-0.15, -0.1) is 0 Å². The van der Waals surface area contributed by atoms with E-state index in [1.807, 2.05) is 0 Å². The second-order valence-corrected chi connectivity index (χ2v) is 10.5. The molecule has 0 radical (unpaired) electrons. The summed E-state index contributed by atoms with van der Waals surface area (Å²) in [6.07, 6.45) is 1.66. The number of carbonyl (C=O) groups is 2. The largest absolute Gasteiger partial charge is 0.545 e. The number of methoxy groups -OCH3 is 1. The van der Waals surface area contributed by atoms with Gasteiger partial charge in [0.25, 0.3) is 10.0 Å². The van der Waals surface area contributed by atoms with Gasteiger partial charge >= 0.3 is 0 Å². The lowest BCUT2D eigenvalue weighted by atomic mass is 9.90. The van der Waals surface area contributed by atoms with Crippen LogP contribution in [0.4, 0.5) is 0 Å². The van der Waals surface area contributed by atoms with E-state index >= 15 is 0 Å². The molecule has 0 spiro atoms. The highest BCUT2D eigenvalue weighted by Gasteiger charge is 2.32. The lowest BCUT2D eigenvalue weighted by Gasteiger charge is -2.19. The number of aryl methyl sites for hydroxylation is 2. The summed E-state index contributed by atoms with van der Waals surface area (Å²) < 4.78 is 46.7.